The maximum atomic E-state index is 12.7. The molecule has 29 heavy (non-hydrogen) atoms. The van der Waals surface area contributed by atoms with Crippen LogP contribution in [0, 0.1) is 0 Å². The number of nitrogens with one attached hydrogen (secondary N) is 2. The van der Waals surface area contributed by atoms with Crippen LogP contribution in [0.4, 0.5) is 5.69 Å². The molecular formula is C20H20N4O5. The topological polar surface area (TPSA) is 112 Å². The van der Waals surface area contributed by atoms with Gasteiger partial charge in [-0.3, -0.25) is 14.4 Å². The van der Waals surface area contributed by atoms with E-state index in [0.717, 1.165) is 4.68 Å². The molecule has 9 heteroatoms. The Bertz CT molecular complexity index is 1140. The molecule has 0 fully saturated rings. The minimum absolute atomic E-state index is 0.0672. The number of benzene rings is 2. The smallest absolute Gasteiger partial charge is 0.275 e. The van der Waals surface area contributed by atoms with Gasteiger partial charge in [0.1, 0.15) is 18.0 Å². The molecule has 2 amide bonds. The second kappa shape index (κ2) is 8.42. The van der Waals surface area contributed by atoms with Gasteiger partial charge in [-0.2, -0.15) is 5.10 Å². The van der Waals surface area contributed by atoms with Crippen molar-refractivity contribution in [2.75, 3.05) is 26.6 Å². The highest BCUT2D eigenvalue weighted by Crippen LogP contribution is 2.29. The Kier molecular flexibility index (Phi) is 5.77. The molecule has 0 atom stereocenters. The number of carbonyl (C=O) groups is 2. The normalized spacial score (nSPS) is 10.4. The van der Waals surface area contributed by atoms with Gasteiger partial charge in [0.15, 0.2) is 5.69 Å². The van der Waals surface area contributed by atoms with Gasteiger partial charge in [-0.25, -0.2) is 4.68 Å². The van der Waals surface area contributed by atoms with Crippen molar-refractivity contribution in [1.82, 2.24) is 15.1 Å². The summed E-state index contributed by atoms with van der Waals surface area (Å²) in [4.78, 5) is 37.5. The Morgan fingerprint density at radius 3 is 2.45 bits per heavy atom. The third-order valence-electron chi connectivity index (χ3n) is 4.29. The minimum atomic E-state index is -0.499. The molecule has 1 heterocycles. The van der Waals surface area contributed by atoms with Gasteiger partial charge in [-0.1, -0.05) is 18.2 Å². The van der Waals surface area contributed by atoms with Crippen LogP contribution in [-0.2, 0) is 11.3 Å². The van der Waals surface area contributed by atoms with Crippen molar-refractivity contribution in [3.63, 3.8) is 0 Å². The van der Waals surface area contributed by atoms with E-state index in [4.69, 9.17) is 9.47 Å². The lowest BCUT2D eigenvalue weighted by Crippen LogP contribution is -2.33. The third kappa shape index (κ3) is 4.03. The van der Waals surface area contributed by atoms with Crippen LogP contribution in [0.15, 0.2) is 47.3 Å². The van der Waals surface area contributed by atoms with Crippen molar-refractivity contribution < 1.29 is 19.1 Å². The van der Waals surface area contributed by atoms with Crippen LogP contribution < -0.4 is 25.7 Å². The summed E-state index contributed by atoms with van der Waals surface area (Å²) in [6.45, 7) is -0.372. The van der Waals surface area contributed by atoms with E-state index in [2.05, 4.69) is 15.7 Å². The van der Waals surface area contributed by atoms with E-state index in [1.165, 1.54) is 21.3 Å². The Morgan fingerprint density at radius 1 is 1.07 bits per heavy atom. The first-order valence-electron chi connectivity index (χ1n) is 8.72. The molecule has 1 aromatic heterocycles. The van der Waals surface area contributed by atoms with Crippen molar-refractivity contribution in [1.29, 1.82) is 0 Å². The number of amides is 2. The van der Waals surface area contributed by atoms with Gasteiger partial charge in [-0.15, -0.1) is 0 Å². The molecule has 2 aromatic carbocycles. The molecule has 0 aliphatic heterocycles. The zero-order chi connectivity index (χ0) is 21.0. The molecular weight excluding hydrogens is 376 g/mol. The molecule has 9 nitrogen and oxygen atoms in total. The van der Waals surface area contributed by atoms with Crippen LogP contribution in [0.3, 0.4) is 0 Å². The average Bonchev–Trinajstić information content (AvgIpc) is 2.75. The molecule has 0 saturated carbocycles. The van der Waals surface area contributed by atoms with Gasteiger partial charge in [-0.05, 0) is 18.2 Å². The summed E-state index contributed by atoms with van der Waals surface area (Å²) < 4.78 is 11.4. The summed E-state index contributed by atoms with van der Waals surface area (Å²) in [6.07, 6.45) is 0. The molecule has 0 spiro atoms. The zero-order valence-corrected chi connectivity index (χ0v) is 16.2. The second-order valence-electron chi connectivity index (χ2n) is 6.05. The Balaban J connectivity index is 1.94. The first kappa shape index (κ1) is 19.9. The number of rotatable bonds is 6. The van der Waals surface area contributed by atoms with Gasteiger partial charge >= 0.3 is 0 Å². The molecule has 3 aromatic rings. The van der Waals surface area contributed by atoms with Crippen LogP contribution in [0.25, 0.3) is 10.8 Å². The number of aromatic nitrogens is 2. The van der Waals surface area contributed by atoms with Crippen LogP contribution in [0.2, 0.25) is 0 Å². The van der Waals surface area contributed by atoms with Gasteiger partial charge in [0, 0.05) is 18.5 Å². The standard InChI is InChI=1S/C20H20N4O5/c1-21-19(26)18-13-6-4-5-7-14(13)20(27)24(23-18)11-17(25)22-15-9-8-12(28-2)10-16(15)29-3/h4-10H,11H2,1-3H3,(H,21,26)(H,22,25). The zero-order valence-electron chi connectivity index (χ0n) is 16.2. The summed E-state index contributed by atoms with van der Waals surface area (Å²) in [5.74, 6) is 0.0263. The number of carbonyl (C=O) groups excluding carboxylic acids is 2. The molecule has 150 valence electrons. The number of fused-ring (bicyclic) bond motifs is 1. The summed E-state index contributed by atoms with van der Waals surface area (Å²) in [5, 5.41) is 10.00. The van der Waals surface area contributed by atoms with E-state index in [9.17, 15) is 14.4 Å². The average molecular weight is 396 g/mol. The molecule has 0 unspecified atom stereocenters. The summed E-state index contributed by atoms with van der Waals surface area (Å²) in [6, 6.07) is 11.5. The van der Waals surface area contributed by atoms with Crippen molar-refractivity contribution in [2.45, 2.75) is 6.54 Å². The van der Waals surface area contributed by atoms with Gasteiger partial charge in [0.05, 0.1) is 25.3 Å². The second-order valence-corrected chi connectivity index (χ2v) is 6.05. The lowest BCUT2D eigenvalue weighted by atomic mass is 10.1. The van der Waals surface area contributed by atoms with Gasteiger partial charge in [0.25, 0.3) is 11.5 Å². The number of methoxy groups -OCH3 is 2. The van der Waals surface area contributed by atoms with Crippen LogP contribution in [0.5, 0.6) is 11.5 Å². The van der Waals surface area contributed by atoms with E-state index in [1.807, 2.05) is 0 Å². The van der Waals surface area contributed by atoms with Gasteiger partial charge < -0.3 is 20.1 Å². The highest BCUT2D eigenvalue weighted by Gasteiger charge is 2.17. The molecule has 0 aliphatic rings. The number of hydrogen-bond donors (Lipinski definition) is 2. The van der Waals surface area contributed by atoms with Crippen LogP contribution in [0.1, 0.15) is 10.5 Å². The Hall–Kier alpha value is -3.88. The quantitative estimate of drug-likeness (QED) is 0.652. The molecule has 3 rings (SSSR count). The molecule has 0 aliphatic carbocycles. The fourth-order valence-electron chi connectivity index (χ4n) is 2.86. The first-order chi connectivity index (χ1) is 14.0. The molecule has 0 radical (unpaired) electrons. The lowest BCUT2D eigenvalue weighted by molar-refractivity contribution is -0.117. The molecule has 0 bridgehead atoms. The predicted molar refractivity (Wildman–Crippen MR) is 108 cm³/mol. The van der Waals surface area contributed by atoms with Gasteiger partial charge in [0.2, 0.25) is 5.91 Å². The largest absolute Gasteiger partial charge is 0.497 e. The Labute approximate surface area is 166 Å². The van der Waals surface area contributed by atoms with Crippen molar-refractivity contribution in [3.8, 4) is 11.5 Å². The van der Waals surface area contributed by atoms with Crippen molar-refractivity contribution in [3.05, 3.63) is 58.5 Å². The summed E-state index contributed by atoms with van der Waals surface area (Å²) in [7, 11) is 4.46. The molecule has 0 saturated heterocycles. The summed E-state index contributed by atoms with van der Waals surface area (Å²) >= 11 is 0. The number of anilines is 1. The fraction of sp³-hybridized carbons (Fsp3) is 0.200. The third-order valence-corrected chi connectivity index (χ3v) is 4.29. The van der Waals surface area contributed by atoms with E-state index in [1.54, 1.807) is 42.5 Å². The highest BCUT2D eigenvalue weighted by molar-refractivity contribution is 6.04. The number of nitrogens with zero attached hydrogens (tertiary/aromatic N) is 2. The maximum Gasteiger partial charge on any atom is 0.275 e. The highest BCUT2D eigenvalue weighted by atomic mass is 16.5. The maximum absolute atomic E-state index is 12.7. The van der Waals surface area contributed by atoms with Crippen LogP contribution in [-0.4, -0.2) is 42.9 Å². The predicted octanol–water partition coefficient (Wildman–Crippen LogP) is 1.41. The Morgan fingerprint density at radius 2 is 1.79 bits per heavy atom. The lowest BCUT2D eigenvalue weighted by Gasteiger charge is -2.13. The summed E-state index contributed by atoms with van der Waals surface area (Å²) in [5.41, 5.74) is 0.0151. The van der Waals surface area contributed by atoms with E-state index in [-0.39, 0.29) is 12.2 Å². The first-order valence-corrected chi connectivity index (χ1v) is 8.72. The number of hydrogen-bond acceptors (Lipinski definition) is 6. The van der Waals surface area contributed by atoms with Crippen LogP contribution >= 0.6 is 0 Å². The van der Waals surface area contributed by atoms with Crippen molar-refractivity contribution >= 4 is 28.3 Å². The van der Waals surface area contributed by atoms with Crippen molar-refractivity contribution in [2.24, 2.45) is 0 Å². The number of ether oxygens (including phenoxy) is 2. The molecule has 2 N–H and O–H groups in total. The SMILES string of the molecule is CNC(=O)c1nn(CC(=O)Nc2ccc(OC)cc2OC)c(=O)c2ccccc12. The fourth-order valence-corrected chi connectivity index (χ4v) is 2.86. The van der Waals surface area contributed by atoms with E-state index < -0.39 is 17.4 Å². The minimum Gasteiger partial charge on any atom is -0.497 e. The monoisotopic (exact) mass is 396 g/mol. The van der Waals surface area contributed by atoms with E-state index >= 15 is 0 Å². The van der Waals surface area contributed by atoms with E-state index in [0.29, 0.717) is 28.0 Å².